The molecule has 0 bridgehead atoms. The van der Waals surface area contributed by atoms with Gasteiger partial charge >= 0.3 is 0 Å². The number of ether oxygens (including phenoxy) is 2. The molecule has 1 aromatic heterocycles. The lowest BCUT2D eigenvalue weighted by Gasteiger charge is -2.10. The fourth-order valence-corrected chi connectivity index (χ4v) is 2.26. The van der Waals surface area contributed by atoms with Crippen molar-refractivity contribution in [2.45, 2.75) is 0 Å². The maximum Gasteiger partial charge on any atom is 0.223 e. The molecular formula is C11H7Br2ClN2O2. The molecule has 7 heteroatoms. The van der Waals surface area contributed by atoms with Crippen molar-refractivity contribution in [3.05, 3.63) is 38.6 Å². The first-order chi connectivity index (χ1) is 8.60. The number of aromatic nitrogens is 2. The SMILES string of the molecule is COc1cc(Br)c(Oc2cc(Cl)ncn2)cc1Br. The Morgan fingerprint density at radius 2 is 1.72 bits per heavy atom. The van der Waals surface area contributed by atoms with Crippen molar-refractivity contribution in [3.8, 4) is 17.4 Å². The summed E-state index contributed by atoms with van der Waals surface area (Å²) >= 11 is 12.5. The molecule has 0 saturated carbocycles. The van der Waals surface area contributed by atoms with Crippen molar-refractivity contribution in [1.82, 2.24) is 9.97 Å². The molecule has 2 rings (SSSR count). The summed E-state index contributed by atoms with van der Waals surface area (Å²) in [5.74, 6) is 1.67. The average molecular weight is 394 g/mol. The second-order valence-electron chi connectivity index (χ2n) is 3.20. The van der Waals surface area contributed by atoms with Gasteiger partial charge in [-0.3, -0.25) is 0 Å². The van der Waals surface area contributed by atoms with Gasteiger partial charge < -0.3 is 9.47 Å². The first-order valence-electron chi connectivity index (χ1n) is 4.78. The van der Waals surface area contributed by atoms with Gasteiger partial charge in [0.2, 0.25) is 5.88 Å². The Balaban J connectivity index is 2.32. The number of hydrogen-bond donors (Lipinski definition) is 0. The monoisotopic (exact) mass is 392 g/mol. The third kappa shape index (κ3) is 3.13. The van der Waals surface area contributed by atoms with Crippen molar-refractivity contribution in [1.29, 1.82) is 0 Å². The van der Waals surface area contributed by atoms with E-state index in [0.717, 1.165) is 8.95 Å². The standard InChI is InChI=1S/C11H7Br2ClN2O2/c1-17-8-2-7(13)9(3-6(8)12)18-11-4-10(14)15-5-16-11/h2-5H,1H3. The molecule has 0 aliphatic carbocycles. The molecule has 0 aliphatic rings. The fraction of sp³-hybridized carbons (Fsp3) is 0.0909. The lowest BCUT2D eigenvalue weighted by atomic mass is 10.3. The molecule has 94 valence electrons. The van der Waals surface area contributed by atoms with E-state index in [1.54, 1.807) is 19.2 Å². The molecule has 4 nitrogen and oxygen atoms in total. The van der Waals surface area contributed by atoms with Crippen LogP contribution < -0.4 is 9.47 Å². The zero-order valence-electron chi connectivity index (χ0n) is 9.15. The summed E-state index contributed by atoms with van der Waals surface area (Å²) in [6.07, 6.45) is 1.34. The molecule has 18 heavy (non-hydrogen) atoms. The molecule has 0 unspecified atom stereocenters. The van der Waals surface area contributed by atoms with Crippen molar-refractivity contribution in [2.75, 3.05) is 7.11 Å². The molecular weight excluding hydrogens is 387 g/mol. The molecule has 1 aromatic carbocycles. The lowest BCUT2D eigenvalue weighted by Crippen LogP contribution is -1.91. The van der Waals surface area contributed by atoms with Gasteiger partial charge in [-0.1, -0.05) is 11.6 Å². The van der Waals surface area contributed by atoms with Crippen LogP contribution in [0.5, 0.6) is 17.4 Å². The number of halogens is 3. The van der Waals surface area contributed by atoms with Crippen LogP contribution in [0.2, 0.25) is 5.15 Å². The van der Waals surface area contributed by atoms with E-state index in [1.807, 2.05) is 0 Å². The van der Waals surface area contributed by atoms with Crippen LogP contribution in [0.1, 0.15) is 0 Å². The van der Waals surface area contributed by atoms with Gasteiger partial charge in [0.1, 0.15) is 23.0 Å². The largest absolute Gasteiger partial charge is 0.496 e. The van der Waals surface area contributed by atoms with E-state index in [-0.39, 0.29) is 0 Å². The Bertz CT molecular complexity index is 581. The summed E-state index contributed by atoms with van der Waals surface area (Å²) in [5, 5.41) is 0.323. The van der Waals surface area contributed by atoms with Crippen LogP contribution in [0.3, 0.4) is 0 Å². The minimum atomic E-state index is 0.323. The molecule has 0 amide bonds. The number of nitrogens with zero attached hydrogens (tertiary/aromatic N) is 2. The highest BCUT2D eigenvalue weighted by Gasteiger charge is 2.10. The van der Waals surface area contributed by atoms with Gasteiger partial charge in [-0.2, -0.15) is 0 Å². The smallest absolute Gasteiger partial charge is 0.223 e. The van der Waals surface area contributed by atoms with Gasteiger partial charge in [0.15, 0.2) is 0 Å². The molecule has 0 radical (unpaired) electrons. The minimum absolute atomic E-state index is 0.323. The highest BCUT2D eigenvalue weighted by Crippen LogP contribution is 2.37. The van der Waals surface area contributed by atoms with E-state index in [9.17, 15) is 0 Å². The highest BCUT2D eigenvalue weighted by molar-refractivity contribution is 9.11. The zero-order chi connectivity index (χ0) is 13.1. The Kier molecular flexibility index (Phi) is 4.42. The number of benzene rings is 1. The van der Waals surface area contributed by atoms with E-state index in [1.165, 1.54) is 12.4 Å². The maximum absolute atomic E-state index is 5.76. The zero-order valence-corrected chi connectivity index (χ0v) is 13.1. The average Bonchev–Trinajstić information content (AvgIpc) is 2.33. The number of rotatable bonds is 3. The topological polar surface area (TPSA) is 44.2 Å². The van der Waals surface area contributed by atoms with Gasteiger partial charge in [0, 0.05) is 6.07 Å². The van der Waals surface area contributed by atoms with Crippen LogP contribution in [-0.4, -0.2) is 17.1 Å². The second-order valence-corrected chi connectivity index (χ2v) is 5.29. The summed E-state index contributed by atoms with van der Waals surface area (Å²) in [6.45, 7) is 0. The van der Waals surface area contributed by atoms with Gasteiger partial charge in [-0.25, -0.2) is 9.97 Å². The van der Waals surface area contributed by atoms with E-state index in [0.29, 0.717) is 22.5 Å². The molecule has 0 aliphatic heterocycles. The molecule has 0 saturated heterocycles. The van der Waals surface area contributed by atoms with Crippen LogP contribution >= 0.6 is 43.5 Å². The molecule has 0 N–H and O–H groups in total. The summed E-state index contributed by atoms with van der Waals surface area (Å²) in [4.78, 5) is 7.75. The summed E-state index contributed by atoms with van der Waals surface area (Å²) in [7, 11) is 1.59. The van der Waals surface area contributed by atoms with Crippen molar-refractivity contribution in [3.63, 3.8) is 0 Å². The Morgan fingerprint density at radius 3 is 2.39 bits per heavy atom. The van der Waals surface area contributed by atoms with E-state index in [4.69, 9.17) is 21.1 Å². The van der Waals surface area contributed by atoms with Crippen LogP contribution in [-0.2, 0) is 0 Å². The van der Waals surface area contributed by atoms with Crippen molar-refractivity contribution < 1.29 is 9.47 Å². The first-order valence-corrected chi connectivity index (χ1v) is 6.75. The van der Waals surface area contributed by atoms with Gasteiger partial charge in [-0.15, -0.1) is 0 Å². The molecule has 0 spiro atoms. The van der Waals surface area contributed by atoms with Crippen LogP contribution in [0.25, 0.3) is 0 Å². The summed E-state index contributed by atoms with van der Waals surface area (Å²) < 4.78 is 12.3. The lowest BCUT2D eigenvalue weighted by molar-refractivity contribution is 0.408. The third-order valence-electron chi connectivity index (χ3n) is 2.03. The molecule has 0 fully saturated rings. The van der Waals surface area contributed by atoms with E-state index in [2.05, 4.69) is 41.8 Å². The van der Waals surface area contributed by atoms with Crippen LogP contribution in [0, 0.1) is 0 Å². The number of hydrogen-bond acceptors (Lipinski definition) is 4. The van der Waals surface area contributed by atoms with Crippen LogP contribution in [0.4, 0.5) is 0 Å². The molecule has 2 aromatic rings. The molecule has 1 heterocycles. The Hall–Kier alpha value is -0.850. The van der Waals surface area contributed by atoms with E-state index < -0.39 is 0 Å². The predicted molar refractivity (Wildman–Crippen MR) is 75.5 cm³/mol. The summed E-state index contributed by atoms with van der Waals surface area (Å²) in [6, 6.07) is 5.10. The van der Waals surface area contributed by atoms with Gasteiger partial charge in [-0.05, 0) is 44.0 Å². The highest BCUT2D eigenvalue weighted by atomic mass is 79.9. The molecule has 0 atom stereocenters. The quantitative estimate of drug-likeness (QED) is 0.721. The normalized spacial score (nSPS) is 10.2. The van der Waals surface area contributed by atoms with Crippen molar-refractivity contribution in [2.24, 2.45) is 0 Å². The maximum atomic E-state index is 5.76. The summed E-state index contributed by atoms with van der Waals surface area (Å²) in [5.41, 5.74) is 0. The Labute approximate surface area is 126 Å². The van der Waals surface area contributed by atoms with Gasteiger partial charge in [0.25, 0.3) is 0 Å². The van der Waals surface area contributed by atoms with E-state index >= 15 is 0 Å². The second kappa shape index (κ2) is 5.86. The van der Waals surface area contributed by atoms with Gasteiger partial charge in [0.05, 0.1) is 16.1 Å². The predicted octanol–water partition coefficient (Wildman–Crippen LogP) is 4.46. The van der Waals surface area contributed by atoms with Crippen LogP contribution in [0.15, 0.2) is 33.5 Å². The third-order valence-corrected chi connectivity index (χ3v) is 3.48. The first kappa shape index (κ1) is 13.6. The minimum Gasteiger partial charge on any atom is -0.496 e. The Morgan fingerprint density at radius 1 is 1.06 bits per heavy atom. The van der Waals surface area contributed by atoms with Crippen molar-refractivity contribution >= 4 is 43.5 Å². The fourth-order valence-electron chi connectivity index (χ4n) is 1.23. The number of methoxy groups -OCH3 is 1.